The number of rotatable bonds is 6. The third kappa shape index (κ3) is 5.77. The van der Waals surface area contributed by atoms with Gasteiger partial charge < -0.3 is 14.6 Å². The van der Waals surface area contributed by atoms with E-state index in [2.05, 4.69) is 9.72 Å². The van der Waals surface area contributed by atoms with Crippen molar-refractivity contribution in [2.75, 3.05) is 0 Å². The monoisotopic (exact) mass is 547 g/mol. The van der Waals surface area contributed by atoms with Crippen LogP contribution in [0.2, 0.25) is 0 Å². The van der Waals surface area contributed by atoms with E-state index >= 15 is 0 Å². The molecule has 4 aromatic rings. The first-order chi connectivity index (χ1) is 17.2. The summed E-state index contributed by atoms with van der Waals surface area (Å²) in [6.07, 6.45) is -11.3. The topological polar surface area (TPSA) is 106 Å². The van der Waals surface area contributed by atoms with E-state index in [9.17, 15) is 41.0 Å². The average molecular weight is 547 g/mol. The molecule has 3 aromatic heterocycles. The Morgan fingerprint density at radius 3 is 2.27 bits per heavy atom. The highest BCUT2D eigenvalue weighted by Crippen LogP contribution is 2.37. The Balaban J connectivity index is 1.62. The number of hydrogen-bond acceptors (Lipinski definition) is 7. The average Bonchev–Trinajstić information content (AvgIpc) is 3.14. The summed E-state index contributed by atoms with van der Waals surface area (Å²) in [5, 5.41) is 9.44. The first kappa shape index (κ1) is 26.2. The number of aryl methyl sites for hydroxylation is 1. The van der Waals surface area contributed by atoms with Crippen LogP contribution in [0.3, 0.4) is 0 Å². The number of aromatic nitrogens is 3. The smallest absolute Gasteiger partial charge is 0.439 e. The predicted octanol–water partition coefficient (Wildman–Crippen LogP) is 4.74. The molecule has 0 aliphatic heterocycles. The van der Waals surface area contributed by atoms with Crippen molar-refractivity contribution >= 4 is 21.6 Å². The lowest BCUT2D eigenvalue weighted by Crippen LogP contribution is -2.38. The number of pyridine rings is 1. The molecule has 1 atom stereocenters. The number of hydrogen-bond donors (Lipinski definition) is 2. The molecule has 0 bridgehead atoms. The summed E-state index contributed by atoms with van der Waals surface area (Å²) >= 11 is 0.878. The molecule has 0 fully saturated rings. The van der Waals surface area contributed by atoms with Gasteiger partial charge in [-0.15, -0.1) is 24.5 Å². The molecule has 0 saturated heterocycles. The molecule has 37 heavy (non-hydrogen) atoms. The zero-order valence-electron chi connectivity index (χ0n) is 18.5. The second-order valence-electron chi connectivity index (χ2n) is 7.67. The second-order valence-corrected chi connectivity index (χ2v) is 8.67. The van der Waals surface area contributed by atoms with Gasteiger partial charge in [0, 0.05) is 22.7 Å². The molecule has 0 saturated carbocycles. The molecule has 4 rings (SSSR count). The van der Waals surface area contributed by atoms with Crippen molar-refractivity contribution in [2.24, 2.45) is 0 Å². The third-order valence-corrected chi connectivity index (χ3v) is 6.44. The summed E-state index contributed by atoms with van der Waals surface area (Å²) < 4.78 is 85.4. The molecule has 0 radical (unpaired) electrons. The maximum absolute atomic E-state index is 12.9. The molecule has 2 N–H and O–H groups in total. The van der Waals surface area contributed by atoms with Gasteiger partial charge in [0.2, 0.25) is 5.88 Å². The maximum Gasteiger partial charge on any atom is 0.573 e. The lowest BCUT2D eigenvalue weighted by Gasteiger charge is -2.15. The van der Waals surface area contributed by atoms with Gasteiger partial charge in [-0.1, -0.05) is 0 Å². The standard InChI is InChI=1S/C22H15F6N3O5S/c1-10-16-18(33)30-20(34)31(9-14(32)21(23,24)25)19(16)37-17(10)11-2-7-15(29-8-11)35-12-3-5-13(6-4-12)36-22(26,27)28/h2-8,14,32H,9H2,1H3,(H,30,33,34). The summed E-state index contributed by atoms with van der Waals surface area (Å²) in [5.74, 6) is -0.179. The number of thiophene rings is 1. The number of nitrogens with zero attached hydrogens (tertiary/aromatic N) is 2. The van der Waals surface area contributed by atoms with Gasteiger partial charge in [0.15, 0.2) is 6.10 Å². The molecule has 1 aromatic carbocycles. The lowest BCUT2D eigenvalue weighted by atomic mass is 10.1. The first-order valence-electron chi connectivity index (χ1n) is 10.2. The van der Waals surface area contributed by atoms with E-state index in [1.165, 1.54) is 24.4 Å². The van der Waals surface area contributed by atoms with E-state index < -0.39 is 42.2 Å². The van der Waals surface area contributed by atoms with Gasteiger partial charge in [-0.2, -0.15) is 13.2 Å². The molecule has 196 valence electrons. The van der Waals surface area contributed by atoms with Crippen molar-refractivity contribution in [3.8, 4) is 27.8 Å². The second kappa shape index (κ2) is 9.55. The van der Waals surface area contributed by atoms with E-state index in [0.717, 1.165) is 23.5 Å². The van der Waals surface area contributed by atoms with Crippen LogP contribution in [0.1, 0.15) is 5.56 Å². The molecule has 3 heterocycles. The third-order valence-electron chi connectivity index (χ3n) is 5.08. The van der Waals surface area contributed by atoms with Crippen molar-refractivity contribution in [2.45, 2.75) is 32.1 Å². The van der Waals surface area contributed by atoms with Crippen LogP contribution in [-0.4, -0.2) is 38.3 Å². The number of aliphatic hydroxyl groups excluding tert-OH is 1. The number of halogens is 6. The Labute approximate surface area is 206 Å². The molecular formula is C22H15F6N3O5S. The Morgan fingerprint density at radius 1 is 1.05 bits per heavy atom. The number of fused-ring (bicyclic) bond motifs is 1. The van der Waals surface area contributed by atoms with Crippen LogP contribution in [0.5, 0.6) is 17.4 Å². The molecule has 15 heteroatoms. The maximum atomic E-state index is 12.9. The van der Waals surface area contributed by atoms with Crippen LogP contribution in [0, 0.1) is 6.92 Å². The Bertz CT molecular complexity index is 1540. The van der Waals surface area contributed by atoms with Crippen LogP contribution in [0.25, 0.3) is 20.7 Å². The molecule has 0 amide bonds. The normalized spacial score (nSPS) is 13.1. The predicted molar refractivity (Wildman–Crippen MR) is 120 cm³/mol. The fraction of sp³-hybridized carbons (Fsp3) is 0.227. The number of aromatic amines is 1. The minimum Gasteiger partial charge on any atom is -0.439 e. The molecule has 8 nitrogen and oxygen atoms in total. The van der Waals surface area contributed by atoms with Gasteiger partial charge in [-0.05, 0) is 42.8 Å². The van der Waals surface area contributed by atoms with Crippen molar-refractivity contribution in [3.63, 3.8) is 0 Å². The summed E-state index contributed by atoms with van der Waals surface area (Å²) in [6, 6.07) is 7.59. The SMILES string of the molecule is Cc1c(-c2ccc(Oc3ccc(OC(F)(F)F)cc3)nc2)sc2c1c(=O)[nH]c(=O)n2CC(O)C(F)(F)F. The van der Waals surface area contributed by atoms with E-state index in [1.54, 1.807) is 13.0 Å². The van der Waals surface area contributed by atoms with Gasteiger partial charge in [0.25, 0.3) is 5.56 Å². The van der Waals surface area contributed by atoms with Crippen LogP contribution in [0.4, 0.5) is 26.3 Å². The van der Waals surface area contributed by atoms with Crippen molar-refractivity contribution in [1.82, 2.24) is 14.5 Å². The van der Waals surface area contributed by atoms with Gasteiger partial charge in [-0.25, -0.2) is 9.78 Å². The zero-order valence-corrected chi connectivity index (χ0v) is 19.3. The number of benzene rings is 1. The highest BCUT2D eigenvalue weighted by molar-refractivity contribution is 7.22. The van der Waals surface area contributed by atoms with E-state index in [-0.39, 0.29) is 21.8 Å². The quantitative estimate of drug-likeness (QED) is 0.338. The Morgan fingerprint density at radius 2 is 1.70 bits per heavy atom. The Kier molecular flexibility index (Phi) is 6.77. The van der Waals surface area contributed by atoms with Crippen molar-refractivity contribution in [1.29, 1.82) is 0 Å². The first-order valence-corrected chi connectivity index (χ1v) is 11.1. The minimum absolute atomic E-state index is 0.00420. The van der Waals surface area contributed by atoms with Crippen molar-refractivity contribution < 1.29 is 40.9 Å². The number of nitrogens with one attached hydrogen (secondary N) is 1. The van der Waals surface area contributed by atoms with E-state index in [0.29, 0.717) is 20.6 Å². The van der Waals surface area contributed by atoms with Crippen LogP contribution in [0.15, 0.2) is 52.2 Å². The fourth-order valence-corrected chi connectivity index (χ4v) is 4.70. The van der Waals surface area contributed by atoms with Crippen LogP contribution >= 0.6 is 11.3 Å². The summed E-state index contributed by atoms with van der Waals surface area (Å²) in [4.78, 5) is 31.1. The van der Waals surface area contributed by atoms with Crippen molar-refractivity contribution in [3.05, 3.63) is 69.0 Å². The Hall–Kier alpha value is -3.85. The minimum atomic E-state index is -4.97. The van der Waals surface area contributed by atoms with Gasteiger partial charge in [0.05, 0.1) is 11.9 Å². The summed E-state index contributed by atoms with van der Waals surface area (Å²) in [6.45, 7) is 0.445. The number of H-pyrrole nitrogens is 1. The number of aliphatic hydroxyl groups is 1. The molecule has 0 aliphatic rings. The summed E-state index contributed by atoms with van der Waals surface area (Å²) in [7, 11) is 0. The highest BCUT2D eigenvalue weighted by Gasteiger charge is 2.39. The largest absolute Gasteiger partial charge is 0.573 e. The zero-order chi connectivity index (χ0) is 27.1. The van der Waals surface area contributed by atoms with Crippen LogP contribution in [-0.2, 0) is 6.54 Å². The number of ether oxygens (including phenoxy) is 2. The van der Waals surface area contributed by atoms with Gasteiger partial charge in [-0.3, -0.25) is 14.3 Å². The summed E-state index contributed by atoms with van der Waals surface area (Å²) in [5.41, 5.74) is -1.05. The fourth-order valence-electron chi connectivity index (χ4n) is 3.40. The van der Waals surface area contributed by atoms with E-state index in [1.807, 2.05) is 4.98 Å². The molecule has 0 spiro atoms. The van der Waals surface area contributed by atoms with E-state index in [4.69, 9.17) is 4.74 Å². The van der Waals surface area contributed by atoms with Gasteiger partial charge >= 0.3 is 18.2 Å². The molecular weight excluding hydrogens is 532 g/mol. The lowest BCUT2D eigenvalue weighted by molar-refractivity contribution is -0.274. The van der Waals surface area contributed by atoms with Gasteiger partial charge in [0.1, 0.15) is 16.3 Å². The molecule has 0 aliphatic carbocycles. The van der Waals surface area contributed by atoms with Crippen LogP contribution < -0.4 is 20.7 Å². The number of alkyl halides is 6. The highest BCUT2D eigenvalue weighted by atomic mass is 32.1. The molecule has 1 unspecified atom stereocenters.